The molecule has 1 rings (SSSR count). The molecule has 72 valence electrons. The number of halogens is 1. The molecular weight excluding hydrogens is 234 g/mol. The van der Waals surface area contributed by atoms with E-state index in [1.165, 1.54) is 12.1 Å². The summed E-state index contributed by atoms with van der Waals surface area (Å²) in [5.74, 6) is 0. The Bertz CT molecular complexity index is 393. The molecule has 0 amide bonds. The molecule has 0 aliphatic carbocycles. The Hall–Kier alpha value is -0.270. The highest BCUT2D eigenvalue weighted by Gasteiger charge is 2.21. The molecule has 0 aliphatic rings. The maximum Gasteiger partial charge on any atom is 0.356 e. The van der Waals surface area contributed by atoms with Gasteiger partial charge in [0.05, 0.1) is 5.02 Å². The standard InChI is InChI=1S/C6H6ClNO3S2/c7-5-3-1-2-4-6(5)13(9,10)8-11-12/h1-4,8,12H/p+1. The van der Waals surface area contributed by atoms with Gasteiger partial charge in [0.25, 0.3) is 0 Å². The number of benzene rings is 1. The van der Waals surface area contributed by atoms with E-state index in [1.54, 1.807) is 12.1 Å². The van der Waals surface area contributed by atoms with Crippen LogP contribution in [0, 0.1) is 0 Å². The predicted molar refractivity (Wildman–Crippen MR) is 50.6 cm³/mol. The fraction of sp³-hybridized carbons (Fsp3) is 0. The molecule has 0 bridgehead atoms. The first-order valence-corrected chi connectivity index (χ1v) is 5.50. The zero-order valence-corrected chi connectivity index (χ0v) is 8.81. The van der Waals surface area contributed by atoms with E-state index < -0.39 is 10.0 Å². The van der Waals surface area contributed by atoms with Crippen LogP contribution in [0.1, 0.15) is 0 Å². The highest BCUT2D eigenvalue weighted by Crippen LogP contribution is 2.17. The van der Waals surface area contributed by atoms with Crippen molar-refractivity contribution in [3.05, 3.63) is 29.3 Å². The Morgan fingerprint density at radius 1 is 1.38 bits per heavy atom. The van der Waals surface area contributed by atoms with E-state index in [4.69, 9.17) is 11.6 Å². The van der Waals surface area contributed by atoms with Gasteiger partial charge in [-0.25, -0.2) is 0 Å². The molecule has 0 saturated heterocycles. The molecule has 0 aliphatic heterocycles. The fourth-order valence-electron chi connectivity index (χ4n) is 0.784. The van der Waals surface area contributed by atoms with Crippen LogP contribution in [-0.2, 0) is 14.3 Å². The van der Waals surface area contributed by atoms with Crippen molar-refractivity contribution >= 4 is 34.5 Å². The second-order valence-electron chi connectivity index (χ2n) is 2.18. The zero-order valence-electron chi connectivity index (χ0n) is 6.34. The lowest BCUT2D eigenvalue weighted by molar-refractivity contribution is -0.730. The van der Waals surface area contributed by atoms with Crippen molar-refractivity contribution in [2.24, 2.45) is 0 Å². The van der Waals surface area contributed by atoms with Crippen LogP contribution < -0.4 is 4.89 Å². The molecular formula is C6H7ClNO3S2+. The van der Waals surface area contributed by atoms with Crippen LogP contribution in [0.3, 0.4) is 0 Å². The lowest BCUT2D eigenvalue weighted by Crippen LogP contribution is -2.84. The monoisotopic (exact) mass is 240 g/mol. The molecule has 0 fully saturated rings. The van der Waals surface area contributed by atoms with Crippen LogP contribution in [0.2, 0.25) is 5.02 Å². The van der Waals surface area contributed by atoms with E-state index in [1.807, 2.05) is 0 Å². The molecule has 13 heavy (non-hydrogen) atoms. The molecule has 0 radical (unpaired) electrons. The molecule has 4 nitrogen and oxygen atoms in total. The summed E-state index contributed by atoms with van der Waals surface area (Å²) in [6.07, 6.45) is 0. The summed E-state index contributed by atoms with van der Waals surface area (Å²) >= 11 is 8.99. The molecule has 0 heterocycles. The summed E-state index contributed by atoms with van der Waals surface area (Å²) in [6.45, 7) is 0. The highest BCUT2D eigenvalue weighted by molar-refractivity contribution is 7.85. The first-order valence-electron chi connectivity index (χ1n) is 3.21. The van der Waals surface area contributed by atoms with Crippen LogP contribution in [-0.4, -0.2) is 8.42 Å². The minimum absolute atomic E-state index is 0.00529. The summed E-state index contributed by atoms with van der Waals surface area (Å²) in [4.78, 5) is 0.628. The number of thiol groups is 1. The quantitative estimate of drug-likeness (QED) is 0.456. The normalized spacial score (nSPS) is 11.5. The SMILES string of the molecule is O=S(=O)([NH2+]OS)c1ccccc1Cl. The summed E-state index contributed by atoms with van der Waals surface area (Å²) in [7, 11) is -3.60. The first kappa shape index (κ1) is 10.8. The second-order valence-corrected chi connectivity index (χ2v) is 4.52. The van der Waals surface area contributed by atoms with Gasteiger partial charge in [0.1, 0.15) is 4.90 Å². The van der Waals surface area contributed by atoms with Crippen molar-refractivity contribution < 1.29 is 17.6 Å². The largest absolute Gasteiger partial charge is 0.356 e. The lowest BCUT2D eigenvalue weighted by atomic mass is 10.4. The average molecular weight is 241 g/mol. The zero-order chi connectivity index (χ0) is 9.90. The summed E-state index contributed by atoms with van der Waals surface area (Å²) < 4.78 is 26.8. The highest BCUT2D eigenvalue weighted by atomic mass is 35.5. The number of nitrogens with two attached hydrogens (primary N) is 1. The van der Waals surface area contributed by atoms with Gasteiger partial charge in [-0.1, -0.05) is 28.6 Å². The van der Waals surface area contributed by atoms with Gasteiger partial charge in [-0.05, 0) is 12.1 Å². The lowest BCUT2D eigenvalue weighted by Gasteiger charge is -2.00. The fourth-order valence-corrected chi connectivity index (χ4v) is 2.41. The topological polar surface area (TPSA) is 60.0 Å². The van der Waals surface area contributed by atoms with E-state index in [0.29, 0.717) is 4.89 Å². The molecule has 0 unspecified atom stereocenters. The van der Waals surface area contributed by atoms with Crippen molar-refractivity contribution in [3.63, 3.8) is 0 Å². The Morgan fingerprint density at radius 3 is 2.54 bits per heavy atom. The maximum absolute atomic E-state index is 11.3. The minimum atomic E-state index is -3.60. The van der Waals surface area contributed by atoms with E-state index in [2.05, 4.69) is 17.2 Å². The van der Waals surface area contributed by atoms with Crippen molar-refractivity contribution in [2.75, 3.05) is 0 Å². The molecule has 1 aromatic carbocycles. The third-order valence-electron chi connectivity index (χ3n) is 1.31. The van der Waals surface area contributed by atoms with E-state index >= 15 is 0 Å². The van der Waals surface area contributed by atoms with Crippen molar-refractivity contribution in [1.29, 1.82) is 0 Å². The van der Waals surface area contributed by atoms with Gasteiger partial charge in [-0.3, -0.25) is 0 Å². The van der Waals surface area contributed by atoms with Gasteiger partial charge >= 0.3 is 10.0 Å². The van der Waals surface area contributed by atoms with Crippen LogP contribution in [0.25, 0.3) is 0 Å². The molecule has 2 N–H and O–H groups in total. The summed E-state index contributed by atoms with van der Waals surface area (Å²) in [6, 6.07) is 6.09. The van der Waals surface area contributed by atoms with Gasteiger partial charge in [-0.15, -0.1) is 4.28 Å². The van der Waals surface area contributed by atoms with Crippen molar-refractivity contribution in [2.45, 2.75) is 4.90 Å². The Balaban J connectivity index is 3.15. The van der Waals surface area contributed by atoms with E-state index in [-0.39, 0.29) is 9.92 Å². The number of hydrogen-bond donors (Lipinski definition) is 2. The average Bonchev–Trinajstić information content (AvgIpc) is 2.04. The van der Waals surface area contributed by atoms with Gasteiger partial charge in [0.2, 0.25) is 0 Å². The third kappa shape index (κ3) is 2.58. The van der Waals surface area contributed by atoms with Gasteiger partial charge < -0.3 is 0 Å². The van der Waals surface area contributed by atoms with Crippen molar-refractivity contribution in [1.82, 2.24) is 0 Å². The minimum Gasteiger partial charge on any atom is -0.166 e. The number of hydrogen-bond acceptors (Lipinski definition) is 4. The third-order valence-corrected chi connectivity index (χ3v) is 3.32. The van der Waals surface area contributed by atoms with Gasteiger partial charge in [0.15, 0.2) is 0 Å². The molecule has 1 aromatic rings. The second kappa shape index (κ2) is 4.30. The Kier molecular flexibility index (Phi) is 3.57. The first-order chi connectivity index (χ1) is 6.08. The van der Waals surface area contributed by atoms with Gasteiger partial charge in [0, 0.05) is 12.9 Å². The number of primary sulfonamides is 1. The molecule has 0 saturated carbocycles. The van der Waals surface area contributed by atoms with E-state index in [0.717, 1.165) is 0 Å². The number of quaternary nitrogens is 1. The maximum atomic E-state index is 11.3. The van der Waals surface area contributed by atoms with Gasteiger partial charge in [-0.2, -0.15) is 8.42 Å². The number of sulfonamides is 1. The molecule has 0 atom stereocenters. The van der Waals surface area contributed by atoms with Crippen LogP contribution in [0.4, 0.5) is 0 Å². The molecule has 0 spiro atoms. The molecule has 0 aromatic heterocycles. The van der Waals surface area contributed by atoms with Crippen molar-refractivity contribution in [3.8, 4) is 0 Å². The van der Waals surface area contributed by atoms with Crippen LogP contribution >= 0.6 is 24.5 Å². The summed E-state index contributed by atoms with van der Waals surface area (Å²) in [5.41, 5.74) is 0. The summed E-state index contributed by atoms with van der Waals surface area (Å²) in [5, 5.41) is 0.157. The van der Waals surface area contributed by atoms with Crippen LogP contribution in [0.15, 0.2) is 29.2 Å². The Labute approximate surface area is 86.5 Å². The Morgan fingerprint density at radius 2 is 2.00 bits per heavy atom. The molecule has 7 heteroatoms. The smallest absolute Gasteiger partial charge is 0.166 e. The van der Waals surface area contributed by atoms with Crippen LogP contribution in [0.5, 0.6) is 0 Å². The van der Waals surface area contributed by atoms with E-state index in [9.17, 15) is 8.42 Å². The predicted octanol–water partition coefficient (Wildman–Crippen LogP) is 0.369. The number of rotatable bonds is 3.